The SMILES string of the molecule is CN(C)P(=O)(N(C)C)N(C)C.OCC(F)(F)F. The van der Waals surface area contributed by atoms with Crippen LogP contribution in [0.2, 0.25) is 0 Å². The second kappa shape index (κ2) is 7.33. The minimum absolute atomic E-state index is 1.73. The van der Waals surface area contributed by atoms with Crippen LogP contribution in [0.4, 0.5) is 13.2 Å². The number of alkyl halides is 3. The van der Waals surface area contributed by atoms with Crippen molar-refractivity contribution >= 4 is 7.59 Å². The van der Waals surface area contributed by atoms with Gasteiger partial charge in [0.25, 0.3) is 7.59 Å². The van der Waals surface area contributed by atoms with Crippen LogP contribution >= 0.6 is 7.59 Å². The average molecular weight is 279 g/mol. The first-order chi connectivity index (χ1) is 7.39. The number of rotatable bonds is 3. The molecule has 0 saturated carbocycles. The summed E-state index contributed by atoms with van der Waals surface area (Å²) in [7, 11) is 8.49. The maximum atomic E-state index is 12.1. The van der Waals surface area contributed by atoms with E-state index >= 15 is 0 Å². The van der Waals surface area contributed by atoms with Crippen LogP contribution in [0.3, 0.4) is 0 Å². The largest absolute Gasteiger partial charge is 0.411 e. The molecule has 0 bridgehead atoms. The van der Waals surface area contributed by atoms with E-state index in [-0.39, 0.29) is 0 Å². The van der Waals surface area contributed by atoms with Crippen molar-refractivity contribution in [2.75, 3.05) is 48.9 Å². The molecule has 0 aromatic carbocycles. The molecule has 106 valence electrons. The Morgan fingerprint density at radius 3 is 1.12 bits per heavy atom. The van der Waals surface area contributed by atoms with E-state index in [0.29, 0.717) is 0 Å². The molecule has 0 aromatic rings. The van der Waals surface area contributed by atoms with Gasteiger partial charge in [-0.2, -0.15) is 13.2 Å². The molecular formula is C8H21F3N3O2P. The first-order valence-electron chi connectivity index (χ1n) is 4.70. The monoisotopic (exact) mass is 279 g/mol. The van der Waals surface area contributed by atoms with Gasteiger partial charge in [-0.15, -0.1) is 0 Å². The Labute approximate surface area is 100 Å². The smallest absolute Gasteiger partial charge is 0.387 e. The molecule has 0 amide bonds. The van der Waals surface area contributed by atoms with Gasteiger partial charge in [-0.1, -0.05) is 0 Å². The third kappa shape index (κ3) is 7.00. The van der Waals surface area contributed by atoms with Gasteiger partial charge in [-0.3, -0.25) is 4.57 Å². The lowest BCUT2D eigenvalue weighted by molar-refractivity contribution is -0.159. The quantitative estimate of drug-likeness (QED) is 0.790. The zero-order chi connectivity index (χ0) is 14.4. The van der Waals surface area contributed by atoms with Crippen molar-refractivity contribution in [3.05, 3.63) is 0 Å². The Morgan fingerprint density at radius 2 is 1.12 bits per heavy atom. The van der Waals surface area contributed by atoms with Crippen LogP contribution in [0.1, 0.15) is 0 Å². The highest BCUT2D eigenvalue weighted by Gasteiger charge is 2.30. The summed E-state index contributed by atoms with van der Waals surface area (Å²) in [5.41, 5.74) is 0. The van der Waals surface area contributed by atoms with Crippen LogP contribution in [-0.2, 0) is 4.57 Å². The highest BCUT2D eigenvalue weighted by atomic mass is 31.2. The van der Waals surface area contributed by atoms with Crippen molar-refractivity contribution in [1.29, 1.82) is 0 Å². The van der Waals surface area contributed by atoms with Crippen LogP contribution in [0.25, 0.3) is 0 Å². The zero-order valence-corrected chi connectivity index (χ0v) is 11.9. The summed E-state index contributed by atoms with van der Waals surface area (Å²) in [4.78, 5) is 0. The fourth-order valence-corrected chi connectivity index (χ4v) is 3.22. The summed E-state index contributed by atoms with van der Waals surface area (Å²) in [5.74, 6) is 0. The number of halogens is 3. The van der Waals surface area contributed by atoms with Gasteiger partial charge >= 0.3 is 6.18 Å². The van der Waals surface area contributed by atoms with Crippen molar-refractivity contribution in [2.24, 2.45) is 0 Å². The van der Waals surface area contributed by atoms with E-state index in [1.807, 2.05) is 42.3 Å². The minimum Gasteiger partial charge on any atom is -0.387 e. The van der Waals surface area contributed by atoms with Crippen LogP contribution in [0.15, 0.2) is 0 Å². The van der Waals surface area contributed by atoms with Gasteiger partial charge in [0.05, 0.1) is 0 Å². The number of hydrogen-bond acceptors (Lipinski definition) is 2. The minimum atomic E-state index is -4.40. The Balaban J connectivity index is 0. The number of aliphatic hydroxyl groups is 1. The molecule has 17 heavy (non-hydrogen) atoms. The van der Waals surface area contributed by atoms with E-state index in [1.165, 1.54) is 0 Å². The molecule has 9 heteroatoms. The zero-order valence-electron chi connectivity index (χ0n) is 11.0. The summed E-state index contributed by atoms with van der Waals surface area (Å²) in [5, 5.41) is 7.28. The first-order valence-corrected chi connectivity index (χ1v) is 6.27. The molecule has 0 rings (SSSR count). The summed E-state index contributed by atoms with van der Waals surface area (Å²) >= 11 is 0. The molecule has 0 unspecified atom stereocenters. The van der Waals surface area contributed by atoms with Crippen molar-refractivity contribution < 1.29 is 22.8 Å². The average Bonchev–Trinajstić information content (AvgIpc) is 2.15. The summed E-state index contributed by atoms with van der Waals surface area (Å²) in [6, 6.07) is 0. The van der Waals surface area contributed by atoms with Crippen LogP contribution in [-0.4, -0.2) is 74.2 Å². The third-order valence-electron chi connectivity index (χ3n) is 1.74. The van der Waals surface area contributed by atoms with Gasteiger partial charge in [-0.25, -0.2) is 14.0 Å². The first kappa shape index (κ1) is 19.2. The van der Waals surface area contributed by atoms with Gasteiger partial charge in [0.2, 0.25) is 0 Å². The van der Waals surface area contributed by atoms with Gasteiger partial charge in [0, 0.05) is 0 Å². The van der Waals surface area contributed by atoms with Crippen LogP contribution in [0, 0.1) is 0 Å². The highest BCUT2D eigenvalue weighted by molar-refractivity contribution is 7.56. The lowest BCUT2D eigenvalue weighted by atomic mass is 10.7. The molecule has 0 aliphatic rings. The predicted molar refractivity (Wildman–Crippen MR) is 61.8 cm³/mol. The Hall–Kier alpha value is -0.140. The third-order valence-corrected chi connectivity index (χ3v) is 4.87. The molecule has 1 N–H and O–H groups in total. The molecular weight excluding hydrogens is 258 g/mol. The molecule has 5 nitrogen and oxygen atoms in total. The fourth-order valence-electron chi connectivity index (χ4n) is 1.07. The van der Waals surface area contributed by atoms with Gasteiger partial charge in [0.15, 0.2) is 0 Å². The molecule has 0 radical (unpaired) electrons. The summed E-state index contributed by atoms with van der Waals surface area (Å²) < 4.78 is 48.9. The summed E-state index contributed by atoms with van der Waals surface area (Å²) in [6.45, 7) is -1.73. The van der Waals surface area contributed by atoms with E-state index in [0.717, 1.165) is 0 Å². The molecule has 0 heterocycles. The van der Waals surface area contributed by atoms with E-state index in [2.05, 4.69) is 0 Å². The molecule has 0 saturated heterocycles. The molecule has 0 fully saturated rings. The Kier molecular flexibility index (Phi) is 8.28. The van der Waals surface area contributed by atoms with E-state index in [9.17, 15) is 17.7 Å². The standard InChI is InChI=1S/C6H18N3OP.C2H3F3O/c1-7(2)11(10,8(3)4)9(5)6;3-2(4,5)1-6/h1-6H3;6H,1H2. The topological polar surface area (TPSA) is 47.0 Å². The summed E-state index contributed by atoms with van der Waals surface area (Å²) in [6.07, 6.45) is -4.40. The highest BCUT2D eigenvalue weighted by Crippen LogP contribution is 2.50. The molecule has 0 atom stereocenters. The van der Waals surface area contributed by atoms with Gasteiger partial charge in [0.1, 0.15) is 6.61 Å². The van der Waals surface area contributed by atoms with Gasteiger partial charge in [-0.05, 0) is 42.3 Å². The Morgan fingerprint density at radius 1 is 0.941 bits per heavy atom. The fraction of sp³-hybridized carbons (Fsp3) is 1.00. The number of nitrogens with zero attached hydrogens (tertiary/aromatic N) is 3. The molecule has 0 aliphatic carbocycles. The van der Waals surface area contributed by atoms with Gasteiger partial charge < -0.3 is 5.11 Å². The van der Waals surface area contributed by atoms with Crippen LogP contribution in [0.5, 0.6) is 0 Å². The lowest BCUT2D eigenvalue weighted by Crippen LogP contribution is -2.30. The van der Waals surface area contributed by atoms with Crippen molar-refractivity contribution in [1.82, 2.24) is 14.0 Å². The van der Waals surface area contributed by atoms with Crippen molar-refractivity contribution in [3.8, 4) is 0 Å². The van der Waals surface area contributed by atoms with E-state index in [1.54, 1.807) is 14.0 Å². The maximum Gasteiger partial charge on any atom is 0.411 e. The molecule has 0 spiro atoms. The maximum absolute atomic E-state index is 12.1. The number of aliphatic hydroxyl groups excluding tert-OH is 1. The molecule has 0 aromatic heterocycles. The second-order valence-electron chi connectivity index (χ2n) is 3.83. The normalized spacial score (nSPS) is 13.0. The van der Waals surface area contributed by atoms with Crippen molar-refractivity contribution in [2.45, 2.75) is 6.18 Å². The Bertz CT molecular complexity index is 228. The predicted octanol–water partition coefficient (Wildman–Crippen LogP) is 1.32. The van der Waals surface area contributed by atoms with E-state index < -0.39 is 20.4 Å². The van der Waals surface area contributed by atoms with Crippen LogP contribution < -0.4 is 0 Å². The lowest BCUT2D eigenvalue weighted by Gasteiger charge is -2.34. The number of hydrogen-bond donors (Lipinski definition) is 1. The van der Waals surface area contributed by atoms with Crippen molar-refractivity contribution in [3.63, 3.8) is 0 Å². The molecule has 0 aliphatic heterocycles. The van der Waals surface area contributed by atoms with E-state index in [4.69, 9.17) is 5.11 Å². The second-order valence-corrected chi connectivity index (χ2v) is 7.25.